The molecule has 0 aromatic carbocycles. The molecular weight excluding hydrogens is 226 g/mol. The van der Waals surface area contributed by atoms with Crippen LogP contribution in [-0.2, 0) is 4.74 Å². The molecule has 1 aliphatic rings. The summed E-state index contributed by atoms with van der Waals surface area (Å²) in [5.41, 5.74) is -0.594. The average Bonchev–Trinajstić information content (AvgIpc) is 2.25. The number of aliphatic hydroxyl groups excluding tert-OH is 1. The zero-order valence-electron chi connectivity index (χ0n) is 12.1. The quantitative estimate of drug-likeness (QED) is 0.758. The van der Waals surface area contributed by atoms with Crippen molar-refractivity contribution in [1.82, 2.24) is 4.90 Å². The lowest BCUT2D eigenvalue weighted by molar-refractivity contribution is -0.0421. The number of rotatable bonds is 5. The Kier molecular flexibility index (Phi) is 5.65. The Bertz CT molecular complexity index is 285. The largest absolute Gasteiger partial charge is 0.389 e. The Labute approximate surface area is 112 Å². The first-order valence-corrected chi connectivity index (χ1v) is 6.84. The zero-order chi connectivity index (χ0) is 13.8. The molecule has 0 aromatic heterocycles. The molecule has 0 aliphatic carbocycles. The Morgan fingerprint density at radius 1 is 1.39 bits per heavy atom. The van der Waals surface area contributed by atoms with Gasteiger partial charge in [-0.3, -0.25) is 0 Å². The van der Waals surface area contributed by atoms with Crippen LogP contribution in [0.2, 0.25) is 0 Å². The molecule has 1 N–H and O–H groups in total. The van der Waals surface area contributed by atoms with Crippen LogP contribution in [0.3, 0.4) is 0 Å². The molecule has 0 unspecified atom stereocenters. The Morgan fingerprint density at radius 2 is 1.94 bits per heavy atom. The minimum absolute atomic E-state index is 0.302. The second kappa shape index (κ2) is 6.56. The van der Waals surface area contributed by atoms with E-state index in [9.17, 15) is 5.11 Å². The van der Waals surface area contributed by atoms with Gasteiger partial charge in [0.15, 0.2) is 0 Å². The maximum Gasteiger partial charge on any atom is 0.122 e. The molecule has 0 amide bonds. The highest BCUT2D eigenvalue weighted by Crippen LogP contribution is 2.21. The number of ether oxygens (including phenoxy) is 1. The van der Waals surface area contributed by atoms with Gasteiger partial charge in [-0.15, -0.1) is 6.42 Å². The number of hydrogen-bond acceptors (Lipinski definition) is 3. The molecule has 0 aromatic rings. The fraction of sp³-hybridized carbons (Fsp3) is 0.867. The summed E-state index contributed by atoms with van der Waals surface area (Å²) in [5.74, 6) is 3.99. The number of hydrogen-bond donors (Lipinski definition) is 1. The van der Waals surface area contributed by atoms with E-state index in [1.54, 1.807) is 0 Å². The average molecular weight is 253 g/mol. The van der Waals surface area contributed by atoms with Gasteiger partial charge in [-0.1, -0.05) is 19.8 Å². The van der Waals surface area contributed by atoms with Crippen LogP contribution in [0, 0.1) is 24.2 Å². The van der Waals surface area contributed by atoms with Crippen LogP contribution in [0.4, 0.5) is 0 Å². The SMILES string of the molecule is C#CC(C)(C)OC[C@H](O)CN1C[C@@H](C)C[C@H](C)C1. The highest BCUT2D eigenvalue weighted by Gasteiger charge is 2.24. The van der Waals surface area contributed by atoms with Gasteiger partial charge in [0.2, 0.25) is 0 Å². The van der Waals surface area contributed by atoms with Crippen molar-refractivity contribution in [3.05, 3.63) is 0 Å². The third-order valence-corrected chi connectivity index (χ3v) is 3.40. The fourth-order valence-electron chi connectivity index (χ4n) is 2.64. The second-order valence-electron chi connectivity index (χ2n) is 6.28. The summed E-state index contributed by atoms with van der Waals surface area (Å²) in [6.07, 6.45) is 6.17. The summed E-state index contributed by atoms with van der Waals surface area (Å²) in [6.45, 7) is 11.3. The topological polar surface area (TPSA) is 32.7 Å². The lowest BCUT2D eigenvalue weighted by atomic mass is 9.92. The smallest absolute Gasteiger partial charge is 0.122 e. The summed E-state index contributed by atoms with van der Waals surface area (Å²) in [4.78, 5) is 2.33. The molecule has 3 nitrogen and oxygen atoms in total. The fourth-order valence-corrected chi connectivity index (χ4v) is 2.64. The lowest BCUT2D eigenvalue weighted by Gasteiger charge is -2.36. The zero-order valence-corrected chi connectivity index (χ0v) is 12.1. The van der Waals surface area contributed by atoms with Crippen molar-refractivity contribution in [3.63, 3.8) is 0 Å². The van der Waals surface area contributed by atoms with Crippen LogP contribution in [0.25, 0.3) is 0 Å². The number of likely N-dealkylation sites (tertiary alicyclic amines) is 1. The number of terminal acetylenes is 1. The molecule has 1 fully saturated rings. The van der Waals surface area contributed by atoms with Gasteiger partial charge in [-0.05, 0) is 32.1 Å². The van der Waals surface area contributed by atoms with Gasteiger partial charge < -0.3 is 14.7 Å². The summed E-state index contributed by atoms with van der Waals surface area (Å²) in [7, 11) is 0. The predicted molar refractivity (Wildman–Crippen MR) is 74.3 cm³/mol. The third-order valence-electron chi connectivity index (χ3n) is 3.40. The van der Waals surface area contributed by atoms with Gasteiger partial charge in [-0.25, -0.2) is 0 Å². The van der Waals surface area contributed by atoms with E-state index >= 15 is 0 Å². The van der Waals surface area contributed by atoms with Crippen LogP contribution in [-0.4, -0.2) is 48.0 Å². The summed E-state index contributed by atoms with van der Waals surface area (Å²) in [6, 6.07) is 0. The van der Waals surface area contributed by atoms with Gasteiger partial charge in [0, 0.05) is 19.6 Å². The van der Waals surface area contributed by atoms with Crippen LogP contribution >= 0.6 is 0 Å². The molecule has 1 saturated heterocycles. The normalized spacial score (nSPS) is 27.8. The minimum atomic E-state index is -0.594. The maximum atomic E-state index is 10.00. The van der Waals surface area contributed by atoms with Gasteiger partial charge in [0.1, 0.15) is 5.60 Å². The lowest BCUT2D eigenvalue weighted by Crippen LogP contribution is -2.44. The van der Waals surface area contributed by atoms with Crippen LogP contribution < -0.4 is 0 Å². The van der Waals surface area contributed by atoms with Crippen LogP contribution in [0.5, 0.6) is 0 Å². The molecule has 3 heteroatoms. The van der Waals surface area contributed by atoms with Gasteiger partial charge in [-0.2, -0.15) is 0 Å². The minimum Gasteiger partial charge on any atom is -0.389 e. The molecule has 0 bridgehead atoms. The van der Waals surface area contributed by atoms with E-state index in [-0.39, 0.29) is 0 Å². The number of aliphatic hydroxyl groups is 1. The Hall–Kier alpha value is -0.560. The highest BCUT2D eigenvalue weighted by atomic mass is 16.5. The van der Waals surface area contributed by atoms with E-state index in [4.69, 9.17) is 11.2 Å². The third kappa shape index (κ3) is 5.39. The molecule has 3 atom stereocenters. The van der Waals surface area contributed by atoms with E-state index in [0.29, 0.717) is 25.0 Å². The molecule has 1 rings (SSSR count). The molecule has 0 radical (unpaired) electrons. The number of piperidine rings is 1. The molecule has 0 saturated carbocycles. The van der Waals surface area contributed by atoms with E-state index < -0.39 is 11.7 Å². The first-order valence-electron chi connectivity index (χ1n) is 6.84. The molecule has 0 spiro atoms. The van der Waals surface area contributed by atoms with E-state index in [2.05, 4.69) is 24.7 Å². The van der Waals surface area contributed by atoms with Gasteiger partial charge in [0.25, 0.3) is 0 Å². The van der Waals surface area contributed by atoms with Crippen molar-refractivity contribution < 1.29 is 9.84 Å². The number of nitrogens with zero attached hydrogens (tertiary/aromatic N) is 1. The van der Waals surface area contributed by atoms with Crippen molar-refractivity contribution in [2.45, 2.75) is 45.8 Å². The molecule has 18 heavy (non-hydrogen) atoms. The molecule has 1 aliphatic heterocycles. The summed E-state index contributed by atoms with van der Waals surface area (Å²) < 4.78 is 5.52. The second-order valence-corrected chi connectivity index (χ2v) is 6.28. The Morgan fingerprint density at radius 3 is 2.44 bits per heavy atom. The van der Waals surface area contributed by atoms with Crippen molar-refractivity contribution in [2.75, 3.05) is 26.2 Å². The van der Waals surface area contributed by atoms with Crippen molar-refractivity contribution in [3.8, 4) is 12.3 Å². The Balaban J connectivity index is 2.32. The molecule has 1 heterocycles. The van der Waals surface area contributed by atoms with Gasteiger partial charge >= 0.3 is 0 Å². The summed E-state index contributed by atoms with van der Waals surface area (Å²) in [5, 5.41) is 10.00. The first-order chi connectivity index (χ1) is 8.32. The van der Waals surface area contributed by atoms with Crippen molar-refractivity contribution in [1.29, 1.82) is 0 Å². The molecular formula is C15H27NO2. The van der Waals surface area contributed by atoms with E-state index in [1.807, 2.05) is 13.8 Å². The van der Waals surface area contributed by atoms with Crippen molar-refractivity contribution in [2.24, 2.45) is 11.8 Å². The maximum absolute atomic E-state index is 10.00. The number of β-amino-alcohol motifs (C(OH)–C–C–N with tert-alkyl or cyclic N) is 1. The summed E-state index contributed by atoms with van der Waals surface area (Å²) >= 11 is 0. The van der Waals surface area contributed by atoms with Gasteiger partial charge in [0.05, 0.1) is 12.7 Å². The monoisotopic (exact) mass is 253 g/mol. The van der Waals surface area contributed by atoms with Crippen LogP contribution in [0.1, 0.15) is 34.1 Å². The molecule has 104 valence electrons. The van der Waals surface area contributed by atoms with Crippen LogP contribution in [0.15, 0.2) is 0 Å². The first kappa shape index (κ1) is 15.5. The standard InChI is InChI=1S/C15H27NO2/c1-6-15(4,5)18-11-14(17)10-16-8-12(2)7-13(3)9-16/h1,12-14,17H,7-11H2,2-5H3/t12-,13-,14+/m0/s1. The van der Waals surface area contributed by atoms with E-state index in [1.165, 1.54) is 6.42 Å². The van der Waals surface area contributed by atoms with E-state index in [0.717, 1.165) is 13.1 Å². The predicted octanol–water partition coefficient (Wildman–Crippen LogP) is 1.75. The van der Waals surface area contributed by atoms with Crippen molar-refractivity contribution >= 4 is 0 Å². The highest BCUT2D eigenvalue weighted by molar-refractivity contribution is 5.02.